The van der Waals surface area contributed by atoms with E-state index in [4.69, 9.17) is 0 Å². The van der Waals surface area contributed by atoms with E-state index in [2.05, 4.69) is 47.9 Å². The van der Waals surface area contributed by atoms with Gasteiger partial charge in [-0.1, -0.05) is 31.2 Å². The molecule has 2 saturated heterocycles. The summed E-state index contributed by atoms with van der Waals surface area (Å²) in [4.78, 5) is 31.2. The molecule has 2 aromatic carbocycles. The van der Waals surface area contributed by atoms with Crippen LogP contribution in [-0.2, 0) is 6.54 Å². The minimum atomic E-state index is -0.412. The van der Waals surface area contributed by atoms with E-state index in [1.165, 1.54) is 23.3 Å². The van der Waals surface area contributed by atoms with Crippen LogP contribution in [0.1, 0.15) is 47.7 Å². The van der Waals surface area contributed by atoms with Crippen molar-refractivity contribution in [3.63, 3.8) is 0 Å². The number of carbonyl (C=O) groups is 1. The summed E-state index contributed by atoms with van der Waals surface area (Å²) in [6.07, 6.45) is 3.04. The Morgan fingerprint density at radius 3 is 2.52 bits per heavy atom. The summed E-state index contributed by atoms with van der Waals surface area (Å²) in [5.41, 5.74) is 3.87. The molecule has 7 nitrogen and oxygen atoms in total. The molecule has 0 saturated carbocycles. The Morgan fingerprint density at radius 1 is 1.03 bits per heavy atom. The fourth-order valence-corrected chi connectivity index (χ4v) is 4.86. The molecule has 2 heterocycles. The molecule has 0 spiro atoms. The molecule has 2 fully saturated rings. The predicted octanol–water partition coefficient (Wildman–Crippen LogP) is 4.49. The third-order valence-corrected chi connectivity index (χ3v) is 7.08. The van der Waals surface area contributed by atoms with Crippen LogP contribution in [0.4, 0.5) is 11.4 Å². The highest BCUT2D eigenvalue weighted by atomic mass is 16.6. The number of piperidine rings is 1. The molecule has 4 rings (SSSR count). The molecule has 2 aliphatic rings. The normalized spacial score (nSPS) is 18.2. The van der Waals surface area contributed by atoms with Gasteiger partial charge in [-0.3, -0.25) is 19.8 Å². The standard InChI is InChI=1S/C26H34N4O3/c1-20-10-14-28(15-11-20)25-9-8-23(30(32)33)18-24(25)26(31)29-13-5-12-27(16-17-29)19-22-7-4-3-6-21(22)2/h3-4,6-9,18,20H,5,10-17,19H2,1-2H3. The molecule has 0 atom stereocenters. The van der Waals surface area contributed by atoms with Crippen LogP contribution in [0.3, 0.4) is 0 Å². The van der Waals surface area contributed by atoms with Crippen LogP contribution in [0.25, 0.3) is 0 Å². The molecule has 0 aromatic heterocycles. The van der Waals surface area contributed by atoms with Crippen molar-refractivity contribution in [3.8, 4) is 0 Å². The zero-order chi connectivity index (χ0) is 23.4. The van der Waals surface area contributed by atoms with Crippen molar-refractivity contribution < 1.29 is 9.72 Å². The van der Waals surface area contributed by atoms with Crippen LogP contribution < -0.4 is 4.90 Å². The third kappa shape index (κ3) is 5.53. The van der Waals surface area contributed by atoms with Crippen LogP contribution in [0.2, 0.25) is 0 Å². The fourth-order valence-electron chi connectivity index (χ4n) is 4.86. The summed E-state index contributed by atoms with van der Waals surface area (Å²) in [6.45, 7) is 10.0. The van der Waals surface area contributed by atoms with E-state index in [0.717, 1.165) is 57.7 Å². The molecule has 0 bridgehead atoms. The van der Waals surface area contributed by atoms with Crippen molar-refractivity contribution in [2.75, 3.05) is 44.2 Å². The van der Waals surface area contributed by atoms with Crippen molar-refractivity contribution in [2.45, 2.75) is 39.7 Å². The van der Waals surface area contributed by atoms with Crippen LogP contribution in [0.15, 0.2) is 42.5 Å². The molecule has 2 aromatic rings. The molecular formula is C26H34N4O3. The number of rotatable bonds is 5. The maximum Gasteiger partial charge on any atom is 0.270 e. The van der Waals surface area contributed by atoms with E-state index < -0.39 is 4.92 Å². The van der Waals surface area contributed by atoms with Gasteiger partial charge in [-0.05, 0) is 49.3 Å². The highest BCUT2D eigenvalue weighted by Gasteiger charge is 2.27. The Bertz CT molecular complexity index is 1000. The molecule has 7 heteroatoms. The van der Waals surface area contributed by atoms with Gasteiger partial charge in [0, 0.05) is 57.9 Å². The lowest BCUT2D eigenvalue weighted by Gasteiger charge is -2.34. The van der Waals surface area contributed by atoms with E-state index in [1.807, 2.05) is 4.90 Å². The minimum absolute atomic E-state index is 0.0246. The lowest BCUT2D eigenvalue weighted by molar-refractivity contribution is -0.384. The second-order valence-corrected chi connectivity index (χ2v) is 9.48. The molecule has 2 aliphatic heterocycles. The largest absolute Gasteiger partial charge is 0.371 e. The molecule has 33 heavy (non-hydrogen) atoms. The van der Waals surface area contributed by atoms with Gasteiger partial charge in [0.2, 0.25) is 0 Å². The van der Waals surface area contributed by atoms with Gasteiger partial charge in [-0.2, -0.15) is 0 Å². The van der Waals surface area contributed by atoms with E-state index in [-0.39, 0.29) is 11.6 Å². The van der Waals surface area contributed by atoms with Gasteiger partial charge in [0.05, 0.1) is 16.2 Å². The number of anilines is 1. The Balaban J connectivity index is 1.51. The first-order chi connectivity index (χ1) is 15.9. The highest BCUT2D eigenvalue weighted by molar-refractivity contribution is 6.00. The fraction of sp³-hybridized carbons (Fsp3) is 0.500. The van der Waals surface area contributed by atoms with Gasteiger partial charge in [-0.25, -0.2) is 0 Å². The second-order valence-electron chi connectivity index (χ2n) is 9.48. The monoisotopic (exact) mass is 450 g/mol. The lowest BCUT2D eigenvalue weighted by atomic mass is 9.97. The molecule has 0 unspecified atom stereocenters. The summed E-state index contributed by atoms with van der Waals surface area (Å²) in [7, 11) is 0. The lowest BCUT2D eigenvalue weighted by Crippen LogP contribution is -2.38. The number of non-ortho nitro benzene ring substituents is 1. The Labute approximate surface area is 196 Å². The number of hydrogen-bond donors (Lipinski definition) is 0. The number of nitrogens with zero attached hydrogens (tertiary/aromatic N) is 4. The molecular weight excluding hydrogens is 416 g/mol. The van der Waals surface area contributed by atoms with Crippen molar-refractivity contribution in [1.82, 2.24) is 9.80 Å². The number of nitro benzene ring substituents is 1. The molecule has 1 amide bonds. The second kappa shape index (κ2) is 10.3. The maximum absolute atomic E-state index is 13.6. The first-order valence-corrected chi connectivity index (χ1v) is 12.0. The molecule has 0 radical (unpaired) electrons. The SMILES string of the molecule is Cc1ccccc1CN1CCCN(C(=O)c2cc([N+](=O)[O-])ccc2N2CCC(C)CC2)CC1. The van der Waals surface area contributed by atoms with Gasteiger partial charge >= 0.3 is 0 Å². The van der Waals surface area contributed by atoms with Crippen LogP contribution in [-0.4, -0.2) is 59.9 Å². The van der Waals surface area contributed by atoms with Crippen molar-refractivity contribution in [3.05, 3.63) is 69.3 Å². The number of amides is 1. The Kier molecular flexibility index (Phi) is 7.28. The van der Waals surface area contributed by atoms with Gasteiger partial charge in [0.25, 0.3) is 11.6 Å². The van der Waals surface area contributed by atoms with E-state index in [1.54, 1.807) is 6.07 Å². The first-order valence-electron chi connectivity index (χ1n) is 12.0. The van der Waals surface area contributed by atoms with E-state index in [0.29, 0.717) is 24.6 Å². The van der Waals surface area contributed by atoms with Gasteiger partial charge < -0.3 is 9.80 Å². The third-order valence-electron chi connectivity index (χ3n) is 7.08. The maximum atomic E-state index is 13.6. The summed E-state index contributed by atoms with van der Waals surface area (Å²) in [6, 6.07) is 13.2. The molecule has 0 N–H and O–H groups in total. The van der Waals surface area contributed by atoms with Crippen molar-refractivity contribution >= 4 is 17.3 Å². The van der Waals surface area contributed by atoms with Crippen molar-refractivity contribution in [2.24, 2.45) is 5.92 Å². The Hall–Kier alpha value is -2.93. The number of benzene rings is 2. The smallest absolute Gasteiger partial charge is 0.270 e. The van der Waals surface area contributed by atoms with Gasteiger partial charge in [-0.15, -0.1) is 0 Å². The van der Waals surface area contributed by atoms with Crippen molar-refractivity contribution in [1.29, 1.82) is 0 Å². The summed E-state index contributed by atoms with van der Waals surface area (Å²) in [5, 5.41) is 11.4. The van der Waals surface area contributed by atoms with E-state index in [9.17, 15) is 14.9 Å². The zero-order valence-corrected chi connectivity index (χ0v) is 19.7. The van der Waals surface area contributed by atoms with Gasteiger partial charge in [0.15, 0.2) is 0 Å². The summed E-state index contributed by atoms with van der Waals surface area (Å²) < 4.78 is 0. The van der Waals surface area contributed by atoms with Crippen LogP contribution in [0.5, 0.6) is 0 Å². The topological polar surface area (TPSA) is 69.9 Å². The average molecular weight is 451 g/mol. The number of nitro groups is 1. The predicted molar refractivity (Wildman–Crippen MR) is 131 cm³/mol. The number of carbonyl (C=O) groups excluding carboxylic acids is 1. The van der Waals surface area contributed by atoms with Crippen LogP contribution >= 0.6 is 0 Å². The molecule has 176 valence electrons. The van der Waals surface area contributed by atoms with Gasteiger partial charge in [0.1, 0.15) is 0 Å². The zero-order valence-electron chi connectivity index (χ0n) is 19.7. The molecule has 0 aliphatic carbocycles. The number of hydrogen-bond acceptors (Lipinski definition) is 5. The minimum Gasteiger partial charge on any atom is -0.371 e. The van der Waals surface area contributed by atoms with E-state index >= 15 is 0 Å². The summed E-state index contributed by atoms with van der Waals surface area (Å²) in [5.74, 6) is 0.577. The quantitative estimate of drug-likeness (QED) is 0.496. The average Bonchev–Trinajstić information content (AvgIpc) is 3.06. The Morgan fingerprint density at radius 2 is 1.79 bits per heavy atom. The first kappa shape index (κ1) is 23.2. The van der Waals surface area contributed by atoms with Crippen LogP contribution in [0, 0.1) is 23.0 Å². The number of aryl methyl sites for hydroxylation is 1. The summed E-state index contributed by atoms with van der Waals surface area (Å²) >= 11 is 0. The highest BCUT2D eigenvalue weighted by Crippen LogP contribution is 2.30.